The van der Waals surface area contributed by atoms with Crippen molar-refractivity contribution in [2.24, 2.45) is 0 Å². The van der Waals surface area contributed by atoms with Gasteiger partial charge in [0.15, 0.2) is 34.9 Å². The third-order valence-electron chi connectivity index (χ3n) is 18.6. The Hall–Kier alpha value is -11.8. The fourth-order valence-corrected chi connectivity index (χ4v) is 13.7. The lowest BCUT2D eigenvalue weighted by Crippen LogP contribution is -2.14. The highest BCUT2D eigenvalue weighted by Crippen LogP contribution is 2.53. The second-order valence-corrected chi connectivity index (χ2v) is 24.8. The first-order valence-corrected chi connectivity index (χ1v) is 31.1. The maximum absolute atomic E-state index is 6.50. The maximum Gasteiger partial charge on any atom is 0.182 e. The molecule has 436 valence electrons. The molecule has 5 heterocycles. The maximum atomic E-state index is 6.50. The zero-order valence-electron chi connectivity index (χ0n) is 50.9. The van der Waals surface area contributed by atoms with Gasteiger partial charge in [-0.05, 0) is 127 Å². The highest BCUT2D eigenvalue weighted by molar-refractivity contribution is 6.10. The summed E-state index contributed by atoms with van der Waals surface area (Å²) >= 11 is 0. The minimum Gasteiger partial charge on any atom is -0.456 e. The van der Waals surface area contributed by atoms with Crippen LogP contribution in [0.2, 0.25) is 0 Å². The van der Waals surface area contributed by atoms with E-state index in [1.54, 1.807) is 6.20 Å². The van der Waals surface area contributed by atoms with E-state index in [0.29, 0.717) is 40.6 Å². The van der Waals surface area contributed by atoms with Crippen LogP contribution < -0.4 is 0 Å². The monoisotopic (exact) mass is 1180 g/mol. The molecule has 16 aromatic rings. The molecule has 0 saturated heterocycles. The van der Waals surface area contributed by atoms with Gasteiger partial charge in [-0.2, -0.15) is 0 Å². The van der Waals surface area contributed by atoms with E-state index in [0.717, 1.165) is 93.9 Å². The van der Waals surface area contributed by atoms with Gasteiger partial charge in [-0.1, -0.05) is 234 Å². The van der Waals surface area contributed by atoms with Crippen molar-refractivity contribution in [3.05, 3.63) is 295 Å². The number of hydrogen-bond acceptors (Lipinski definition) is 9. The molecule has 0 radical (unpaired) electrons. The van der Waals surface area contributed by atoms with Crippen LogP contribution in [0.15, 0.2) is 282 Å². The molecule has 0 N–H and O–H groups in total. The van der Waals surface area contributed by atoms with Gasteiger partial charge >= 0.3 is 0 Å². The standard InChI is InChI=1S/C42H29N3O.C41H28N4O/c1-42(2)35-16-10-9-15-31(35)33-25-38-34(24-36(33)42)32-22-21-30(23-37(32)46-38)26-17-19-29(20-18-26)41-44-39(27-11-5-3-6-12-27)43-40(45-41)28-13-7-4-8-14-28;1-41(2)33-13-7-6-12-29(33)31-24-37-32(23-34(31)41)30-20-19-28(22-36(30)46-37)25-15-17-27(18-16-25)39-43-38(26-10-4-3-5-11-26)44-40(45-39)35-14-8-9-21-42-35/h3-25H,1-2H3;3-24H,1-2H3. The molecule has 92 heavy (non-hydrogen) atoms. The highest BCUT2D eigenvalue weighted by Gasteiger charge is 2.37. The minimum atomic E-state index is -0.0514. The zero-order chi connectivity index (χ0) is 61.7. The lowest BCUT2D eigenvalue weighted by atomic mass is 9.82. The fraction of sp³-hybridized carbons (Fsp3) is 0.0723. The van der Waals surface area contributed by atoms with Crippen molar-refractivity contribution in [3.63, 3.8) is 0 Å². The Balaban J connectivity index is 0.000000141. The summed E-state index contributed by atoms with van der Waals surface area (Å²) in [6.45, 7) is 9.25. The van der Waals surface area contributed by atoms with E-state index >= 15 is 0 Å². The average molecular weight is 1180 g/mol. The van der Waals surface area contributed by atoms with Gasteiger partial charge in [0.1, 0.15) is 28.0 Å². The first kappa shape index (κ1) is 54.4. The summed E-state index contributed by atoms with van der Waals surface area (Å²) in [7, 11) is 0. The van der Waals surface area contributed by atoms with Crippen molar-refractivity contribution in [3.8, 4) is 113 Å². The average Bonchev–Trinajstić information content (AvgIpc) is 1.59. The number of furan rings is 2. The topological polar surface area (TPSA) is 117 Å². The molecule has 11 aromatic carbocycles. The molecule has 0 amide bonds. The molecule has 0 fully saturated rings. The van der Waals surface area contributed by atoms with E-state index in [-0.39, 0.29) is 10.8 Å². The van der Waals surface area contributed by atoms with Gasteiger partial charge in [-0.25, -0.2) is 29.9 Å². The number of hydrogen-bond donors (Lipinski definition) is 0. The van der Waals surface area contributed by atoms with Crippen molar-refractivity contribution in [1.29, 1.82) is 0 Å². The highest BCUT2D eigenvalue weighted by atomic mass is 16.3. The summed E-state index contributed by atoms with van der Waals surface area (Å²) in [5.74, 6) is 3.71. The van der Waals surface area contributed by atoms with Crippen LogP contribution in [0.4, 0.5) is 0 Å². The lowest BCUT2D eigenvalue weighted by molar-refractivity contribution is 0.657. The van der Waals surface area contributed by atoms with Crippen molar-refractivity contribution in [1.82, 2.24) is 34.9 Å². The molecule has 0 atom stereocenters. The van der Waals surface area contributed by atoms with Crippen LogP contribution in [0.25, 0.3) is 157 Å². The summed E-state index contributed by atoms with van der Waals surface area (Å²) in [6.07, 6.45) is 1.75. The molecule has 2 aliphatic carbocycles. The van der Waals surface area contributed by atoms with Gasteiger partial charge in [-0.3, -0.25) is 4.98 Å². The number of nitrogens with zero attached hydrogens (tertiary/aromatic N) is 7. The number of rotatable bonds is 8. The minimum absolute atomic E-state index is 0.0480. The van der Waals surface area contributed by atoms with E-state index in [4.69, 9.17) is 38.7 Å². The molecule has 9 heteroatoms. The predicted octanol–water partition coefficient (Wildman–Crippen LogP) is 20.9. The molecule has 0 spiro atoms. The lowest BCUT2D eigenvalue weighted by Gasteiger charge is -2.21. The van der Waals surface area contributed by atoms with Crippen LogP contribution in [0.5, 0.6) is 0 Å². The normalized spacial score (nSPS) is 13.2. The Morgan fingerprint density at radius 3 is 0.957 bits per heavy atom. The van der Waals surface area contributed by atoms with Crippen molar-refractivity contribution >= 4 is 43.9 Å². The second-order valence-electron chi connectivity index (χ2n) is 24.8. The quantitative estimate of drug-likeness (QED) is 0.147. The van der Waals surface area contributed by atoms with Crippen LogP contribution in [0.3, 0.4) is 0 Å². The van der Waals surface area contributed by atoms with Gasteiger partial charge in [0.2, 0.25) is 0 Å². The van der Waals surface area contributed by atoms with E-state index in [1.807, 2.05) is 109 Å². The number of pyridine rings is 1. The fourth-order valence-electron chi connectivity index (χ4n) is 13.7. The summed E-state index contributed by atoms with van der Waals surface area (Å²) in [4.78, 5) is 33.5. The molecular formula is C83H57N7O2. The van der Waals surface area contributed by atoms with Gasteiger partial charge < -0.3 is 8.83 Å². The van der Waals surface area contributed by atoms with E-state index in [1.165, 1.54) is 44.5 Å². The van der Waals surface area contributed by atoms with Gasteiger partial charge in [-0.15, -0.1) is 0 Å². The molecule has 18 rings (SSSR count). The third-order valence-corrected chi connectivity index (χ3v) is 18.6. The van der Waals surface area contributed by atoms with Crippen LogP contribution >= 0.6 is 0 Å². The van der Waals surface area contributed by atoms with Gasteiger partial charge in [0.25, 0.3) is 0 Å². The Morgan fingerprint density at radius 2 is 0.565 bits per heavy atom. The number of aromatic nitrogens is 7. The Labute approximate surface area is 531 Å². The third kappa shape index (κ3) is 9.27. The Bertz CT molecular complexity index is 5090. The van der Waals surface area contributed by atoms with Crippen LogP contribution in [-0.2, 0) is 10.8 Å². The number of fused-ring (bicyclic) bond motifs is 12. The second kappa shape index (κ2) is 21.5. The summed E-state index contributed by atoms with van der Waals surface area (Å²) in [5.41, 5.74) is 23.9. The molecule has 5 aromatic heterocycles. The summed E-state index contributed by atoms with van der Waals surface area (Å²) in [5, 5.41) is 4.58. The Morgan fingerprint density at radius 1 is 0.239 bits per heavy atom. The van der Waals surface area contributed by atoms with Gasteiger partial charge in [0, 0.05) is 66.4 Å². The SMILES string of the molecule is CC1(C)c2ccccc2-c2cc3oc4cc(-c5ccc(-c6nc(-c7ccccc7)nc(-c7ccccc7)n6)cc5)ccc4c3cc21.CC1(C)c2ccccc2-c2cc3oc4cc(-c5ccc(-c6nc(-c7ccccc7)nc(-c7ccccn7)n6)cc5)ccc4c3cc21. The van der Waals surface area contributed by atoms with E-state index in [9.17, 15) is 0 Å². The van der Waals surface area contributed by atoms with Crippen molar-refractivity contribution in [2.75, 3.05) is 0 Å². The molecule has 9 nitrogen and oxygen atoms in total. The first-order valence-electron chi connectivity index (χ1n) is 31.1. The summed E-state index contributed by atoms with van der Waals surface area (Å²) in [6, 6.07) is 92.2. The largest absolute Gasteiger partial charge is 0.456 e. The molecule has 2 aliphatic rings. The smallest absolute Gasteiger partial charge is 0.182 e. The number of benzene rings is 11. The Kier molecular flexibility index (Phi) is 12.7. The molecule has 0 unspecified atom stereocenters. The first-order chi connectivity index (χ1) is 45.1. The zero-order valence-corrected chi connectivity index (χ0v) is 50.9. The predicted molar refractivity (Wildman–Crippen MR) is 371 cm³/mol. The van der Waals surface area contributed by atoms with Crippen molar-refractivity contribution < 1.29 is 8.83 Å². The van der Waals surface area contributed by atoms with Crippen LogP contribution in [0, 0.1) is 0 Å². The molecule has 0 bridgehead atoms. The van der Waals surface area contributed by atoms with E-state index < -0.39 is 0 Å². The van der Waals surface area contributed by atoms with E-state index in [2.05, 4.69) is 190 Å². The summed E-state index contributed by atoms with van der Waals surface area (Å²) < 4.78 is 13.0. The molecular weight excluding hydrogens is 1130 g/mol. The molecule has 0 aliphatic heterocycles. The van der Waals surface area contributed by atoms with Gasteiger partial charge in [0.05, 0.1) is 0 Å². The van der Waals surface area contributed by atoms with Crippen LogP contribution in [0.1, 0.15) is 49.9 Å². The molecule has 0 saturated carbocycles. The van der Waals surface area contributed by atoms with Crippen molar-refractivity contribution in [2.45, 2.75) is 38.5 Å². The van der Waals surface area contributed by atoms with Crippen LogP contribution in [-0.4, -0.2) is 34.9 Å².